The monoisotopic (exact) mass is 340 g/mol. The van der Waals surface area contributed by atoms with Crippen molar-refractivity contribution in [2.75, 3.05) is 11.4 Å². The SMILES string of the molecule is O=C(Cc1cccs1)N1CC[C@H]2[C@@H]1CCC(=O)N2c1ccccc1. The average Bonchev–Trinajstić information content (AvgIpc) is 3.25. The number of thiophene rings is 1. The maximum Gasteiger partial charge on any atom is 0.228 e. The van der Waals surface area contributed by atoms with E-state index in [0.29, 0.717) is 12.8 Å². The van der Waals surface area contributed by atoms with Gasteiger partial charge in [-0.05, 0) is 36.4 Å². The van der Waals surface area contributed by atoms with E-state index in [2.05, 4.69) is 0 Å². The quantitative estimate of drug-likeness (QED) is 0.861. The van der Waals surface area contributed by atoms with E-state index in [-0.39, 0.29) is 23.9 Å². The zero-order valence-corrected chi connectivity index (χ0v) is 14.2. The largest absolute Gasteiger partial charge is 0.337 e. The number of nitrogens with zero attached hydrogens (tertiary/aromatic N) is 2. The molecule has 2 atom stereocenters. The molecule has 0 radical (unpaired) electrons. The molecule has 0 unspecified atom stereocenters. The highest BCUT2D eigenvalue weighted by Crippen LogP contribution is 2.35. The van der Waals surface area contributed by atoms with Crippen LogP contribution in [0.15, 0.2) is 47.8 Å². The van der Waals surface area contributed by atoms with Crippen LogP contribution in [0.1, 0.15) is 24.1 Å². The normalized spacial score (nSPS) is 23.4. The van der Waals surface area contributed by atoms with E-state index in [4.69, 9.17) is 0 Å². The molecule has 24 heavy (non-hydrogen) atoms. The molecule has 0 aliphatic carbocycles. The molecule has 124 valence electrons. The smallest absolute Gasteiger partial charge is 0.228 e. The predicted molar refractivity (Wildman–Crippen MR) is 95.1 cm³/mol. The number of benzene rings is 1. The van der Waals surface area contributed by atoms with Crippen LogP contribution in [0.25, 0.3) is 0 Å². The van der Waals surface area contributed by atoms with Crippen molar-refractivity contribution >= 4 is 28.8 Å². The number of hydrogen-bond acceptors (Lipinski definition) is 3. The molecule has 5 heteroatoms. The number of rotatable bonds is 3. The fourth-order valence-electron chi connectivity index (χ4n) is 3.96. The minimum Gasteiger partial charge on any atom is -0.337 e. The van der Waals surface area contributed by atoms with Gasteiger partial charge in [-0.1, -0.05) is 24.3 Å². The summed E-state index contributed by atoms with van der Waals surface area (Å²) in [5.41, 5.74) is 0.949. The Hall–Kier alpha value is -2.14. The van der Waals surface area contributed by atoms with Crippen molar-refractivity contribution in [3.8, 4) is 0 Å². The third-order valence-corrected chi connectivity index (χ3v) is 5.90. The number of carbonyl (C=O) groups excluding carboxylic acids is 2. The molecule has 1 aromatic heterocycles. The maximum atomic E-state index is 12.7. The van der Waals surface area contributed by atoms with Gasteiger partial charge < -0.3 is 9.80 Å². The molecule has 2 aromatic rings. The Bertz CT molecular complexity index is 729. The second-order valence-corrected chi connectivity index (χ2v) is 7.44. The number of para-hydroxylation sites is 1. The van der Waals surface area contributed by atoms with Crippen LogP contribution in [-0.2, 0) is 16.0 Å². The Morgan fingerprint density at radius 3 is 2.67 bits per heavy atom. The molecule has 4 rings (SSSR count). The first kappa shape index (κ1) is 15.4. The van der Waals surface area contributed by atoms with Crippen LogP contribution in [0.3, 0.4) is 0 Å². The summed E-state index contributed by atoms with van der Waals surface area (Å²) in [6.45, 7) is 0.746. The van der Waals surface area contributed by atoms with Gasteiger partial charge in [0.25, 0.3) is 0 Å². The summed E-state index contributed by atoms with van der Waals surface area (Å²) in [6, 6.07) is 14.1. The Balaban J connectivity index is 1.54. The minimum absolute atomic E-state index is 0.112. The second-order valence-electron chi connectivity index (χ2n) is 6.40. The molecule has 1 aromatic carbocycles. The highest BCUT2D eigenvalue weighted by molar-refractivity contribution is 7.10. The third kappa shape index (κ3) is 2.73. The van der Waals surface area contributed by atoms with E-state index < -0.39 is 0 Å². The van der Waals surface area contributed by atoms with Crippen molar-refractivity contribution in [1.82, 2.24) is 4.90 Å². The summed E-state index contributed by atoms with van der Waals surface area (Å²) < 4.78 is 0. The van der Waals surface area contributed by atoms with Gasteiger partial charge in [0.05, 0.1) is 18.5 Å². The van der Waals surface area contributed by atoms with Gasteiger partial charge in [0.1, 0.15) is 0 Å². The van der Waals surface area contributed by atoms with E-state index in [1.165, 1.54) is 0 Å². The topological polar surface area (TPSA) is 40.6 Å². The van der Waals surface area contributed by atoms with Crippen LogP contribution in [0.5, 0.6) is 0 Å². The molecule has 2 saturated heterocycles. The van der Waals surface area contributed by atoms with E-state index in [1.807, 2.05) is 57.6 Å². The molecule has 0 saturated carbocycles. The Morgan fingerprint density at radius 2 is 1.92 bits per heavy atom. The summed E-state index contributed by atoms with van der Waals surface area (Å²) in [6.07, 6.45) is 2.63. The second kappa shape index (κ2) is 6.40. The lowest BCUT2D eigenvalue weighted by Crippen LogP contribution is -2.53. The van der Waals surface area contributed by atoms with E-state index in [0.717, 1.165) is 30.0 Å². The molecule has 2 fully saturated rings. The lowest BCUT2D eigenvalue weighted by molar-refractivity contribution is -0.133. The van der Waals surface area contributed by atoms with E-state index >= 15 is 0 Å². The van der Waals surface area contributed by atoms with Crippen LogP contribution < -0.4 is 4.90 Å². The van der Waals surface area contributed by atoms with Crippen LogP contribution in [0.4, 0.5) is 5.69 Å². The lowest BCUT2D eigenvalue weighted by Gasteiger charge is -2.39. The van der Waals surface area contributed by atoms with Gasteiger partial charge in [0.2, 0.25) is 11.8 Å². The van der Waals surface area contributed by atoms with Gasteiger partial charge >= 0.3 is 0 Å². The van der Waals surface area contributed by atoms with Gasteiger partial charge in [-0.2, -0.15) is 0 Å². The van der Waals surface area contributed by atoms with Crippen molar-refractivity contribution in [3.05, 3.63) is 52.7 Å². The van der Waals surface area contributed by atoms with Gasteiger partial charge in [-0.15, -0.1) is 11.3 Å². The van der Waals surface area contributed by atoms with Crippen molar-refractivity contribution in [1.29, 1.82) is 0 Å². The summed E-state index contributed by atoms with van der Waals surface area (Å²) >= 11 is 1.63. The number of anilines is 1. The first-order chi connectivity index (χ1) is 11.7. The predicted octanol–water partition coefficient (Wildman–Crippen LogP) is 3.09. The van der Waals surface area contributed by atoms with Crippen molar-refractivity contribution in [2.45, 2.75) is 37.8 Å². The molecule has 3 heterocycles. The van der Waals surface area contributed by atoms with Crippen LogP contribution >= 0.6 is 11.3 Å². The fourth-order valence-corrected chi connectivity index (χ4v) is 4.66. The number of carbonyl (C=O) groups is 2. The number of piperidine rings is 1. The molecule has 4 nitrogen and oxygen atoms in total. The standard InChI is InChI=1S/C19H20N2O2S/c22-18-9-8-16-17(21(18)14-5-2-1-3-6-14)10-11-20(16)19(23)13-15-7-4-12-24-15/h1-7,12,16-17H,8-11,13H2/t16-,17-/m0/s1. The summed E-state index contributed by atoms with van der Waals surface area (Å²) in [7, 11) is 0. The number of likely N-dealkylation sites (tertiary alicyclic amines) is 1. The average molecular weight is 340 g/mol. The molecule has 2 aliphatic heterocycles. The van der Waals surface area contributed by atoms with E-state index in [1.54, 1.807) is 11.3 Å². The van der Waals surface area contributed by atoms with Gasteiger partial charge in [-0.25, -0.2) is 0 Å². The van der Waals surface area contributed by atoms with Gasteiger partial charge in [-0.3, -0.25) is 9.59 Å². The highest BCUT2D eigenvalue weighted by atomic mass is 32.1. The summed E-state index contributed by atoms with van der Waals surface area (Å²) in [4.78, 5) is 30.3. The number of fused-ring (bicyclic) bond motifs is 1. The molecule has 2 aliphatic rings. The molecule has 2 amide bonds. The fraction of sp³-hybridized carbons (Fsp3) is 0.368. The Labute approximate surface area is 145 Å². The molecule has 0 N–H and O–H groups in total. The third-order valence-electron chi connectivity index (χ3n) is 5.02. The summed E-state index contributed by atoms with van der Waals surface area (Å²) in [5, 5.41) is 2.01. The van der Waals surface area contributed by atoms with Gasteiger partial charge in [0, 0.05) is 23.5 Å². The minimum atomic E-state index is 0.112. The Morgan fingerprint density at radius 1 is 1.08 bits per heavy atom. The Kier molecular flexibility index (Phi) is 4.10. The first-order valence-electron chi connectivity index (χ1n) is 8.43. The summed E-state index contributed by atoms with van der Waals surface area (Å²) in [5.74, 6) is 0.363. The molecular formula is C19H20N2O2S. The highest BCUT2D eigenvalue weighted by Gasteiger charge is 2.45. The van der Waals surface area contributed by atoms with Crippen molar-refractivity contribution in [3.63, 3.8) is 0 Å². The molecule has 0 spiro atoms. The number of amides is 2. The molecular weight excluding hydrogens is 320 g/mol. The van der Waals surface area contributed by atoms with Crippen LogP contribution in [0.2, 0.25) is 0 Å². The van der Waals surface area contributed by atoms with Gasteiger partial charge in [0.15, 0.2) is 0 Å². The molecule has 0 bridgehead atoms. The maximum absolute atomic E-state index is 12.7. The van der Waals surface area contributed by atoms with Crippen LogP contribution in [0, 0.1) is 0 Å². The number of hydrogen-bond donors (Lipinski definition) is 0. The van der Waals surface area contributed by atoms with Crippen LogP contribution in [-0.4, -0.2) is 35.3 Å². The zero-order valence-electron chi connectivity index (χ0n) is 13.4. The van der Waals surface area contributed by atoms with Crippen molar-refractivity contribution in [2.24, 2.45) is 0 Å². The lowest BCUT2D eigenvalue weighted by atomic mass is 9.95. The van der Waals surface area contributed by atoms with Crippen molar-refractivity contribution < 1.29 is 9.59 Å². The first-order valence-corrected chi connectivity index (χ1v) is 9.31. The zero-order chi connectivity index (χ0) is 16.5. The van der Waals surface area contributed by atoms with E-state index in [9.17, 15) is 9.59 Å².